The summed E-state index contributed by atoms with van der Waals surface area (Å²) in [6.45, 7) is 0. The van der Waals surface area contributed by atoms with Crippen LogP contribution in [0.3, 0.4) is 0 Å². The van der Waals surface area contributed by atoms with Crippen molar-refractivity contribution in [3.63, 3.8) is 0 Å². The zero-order valence-electron chi connectivity index (χ0n) is 6.97. The van der Waals surface area contributed by atoms with Crippen LogP contribution in [0, 0.1) is 0 Å². The van der Waals surface area contributed by atoms with Crippen molar-refractivity contribution >= 4 is 0 Å². The molecule has 0 spiro atoms. The number of nitrogens with zero attached hydrogens (tertiary/aromatic N) is 2. The first kappa shape index (κ1) is 12.0. The minimum Gasteiger partial charge on any atom is -0.265 e. The largest absolute Gasteiger partial charge is 0.265 e. The molecule has 0 saturated heterocycles. The molecule has 0 aromatic carbocycles. The predicted octanol–water partition coefficient (Wildman–Crippen LogP) is 2.16. The number of hydrogen-bond acceptors (Lipinski definition) is 2. The minimum absolute atomic E-state index is 0. The van der Waals surface area contributed by atoms with E-state index in [1.807, 2.05) is 36.4 Å². The topological polar surface area (TPSA) is 25.8 Å². The van der Waals surface area contributed by atoms with Gasteiger partial charge in [-0.2, -0.15) is 0 Å². The fourth-order valence-electron chi connectivity index (χ4n) is 0.625. The summed E-state index contributed by atoms with van der Waals surface area (Å²) in [6.07, 6.45) is 7.00. The van der Waals surface area contributed by atoms with Gasteiger partial charge in [-0.3, -0.25) is 9.97 Å². The van der Waals surface area contributed by atoms with Gasteiger partial charge in [0.15, 0.2) is 0 Å². The van der Waals surface area contributed by atoms with E-state index in [0.29, 0.717) is 0 Å². The Labute approximate surface area is 93.6 Å². The normalized spacial score (nSPS) is 7.38. The van der Waals surface area contributed by atoms with E-state index in [4.69, 9.17) is 0 Å². The van der Waals surface area contributed by atoms with Crippen LogP contribution in [0.4, 0.5) is 0 Å². The smallest absolute Gasteiger partial charge is 0.0267 e. The third-order valence-electron chi connectivity index (χ3n) is 1.13. The van der Waals surface area contributed by atoms with Gasteiger partial charge in [-0.25, -0.2) is 0 Å². The van der Waals surface area contributed by atoms with Crippen molar-refractivity contribution in [1.82, 2.24) is 9.97 Å². The van der Waals surface area contributed by atoms with Gasteiger partial charge in [0.25, 0.3) is 0 Å². The molecule has 0 saturated carbocycles. The molecule has 2 nitrogen and oxygen atoms in total. The maximum absolute atomic E-state index is 3.78. The first-order chi connectivity index (χ1) is 6.00. The average molecular weight is 355 g/mol. The van der Waals surface area contributed by atoms with Crippen LogP contribution in [0.15, 0.2) is 61.2 Å². The first-order valence-electron chi connectivity index (χ1n) is 3.70. The summed E-state index contributed by atoms with van der Waals surface area (Å²) in [5, 5.41) is 0. The zero-order valence-corrected chi connectivity index (χ0v) is 9.14. The van der Waals surface area contributed by atoms with Crippen molar-refractivity contribution in [3.8, 4) is 0 Å². The molecule has 2 heterocycles. The van der Waals surface area contributed by atoms with E-state index in [1.54, 1.807) is 24.8 Å². The molecule has 0 aliphatic rings. The molecule has 0 aliphatic carbocycles. The van der Waals surface area contributed by atoms with Gasteiger partial charge in [0.05, 0.1) is 0 Å². The Morgan fingerprint density at radius 1 is 0.462 bits per heavy atom. The molecule has 0 aliphatic heterocycles. The second-order valence-corrected chi connectivity index (χ2v) is 2.05. The summed E-state index contributed by atoms with van der Waals surface area (Å²) in [7, 11) is 0. The van der Waals surface area contributed by atoms with E-state index < -0.39 is 0 Å². The molecular formula is C10H10AuN2. The summed E-state index contributed by atoms with van der Waals surface area (Å²) < 4.78 is 0. The van der Waals surface area contributed by atoms with Crippen LogP contribution in [-0.4, -0.2) is 9.97 Å². The second kappa shape index (κ2) is 9.13. The van der Waals surface area contributed by atoms with Crippen LogP contribution in [0.1, 0.15) is 0 Å². The SMILES string of the molecule is [Au].c1ccncc1.c1ccncc1. The van der Waals surface area contributed by atoms with E-state index in [2.05, 4.69) is 9.97 Å². The molecule has 1 radical (unpaired) electrons. The number of pyridine rings is 2. The second-order valence-electron chi connectivity index (χ2n) is 2.05. The Balaban J connectivity index is 0.000000206. The zero-order chi connectivity index (χ0) is 8.49. The van der Waals surface area contributed by atoms with Crippen molar-refractivity contribution in [2.75, 3.05) is 0 Å². The van der Waals surface area contributed by atoms with Gasteiger partial charge in [0, 0.05) is 47.2 Å². The molecule has 0 N–H and O–H groups in total. The van der Waals surface area contributed by atoms with Gasteiger partial charge < -0.3 is 0 Å². The van der Waals surface area contributed by atoms with Crippen molar-refractivity contribution in [3.05, 3.63) is 61.2 Å². The monoisotopic (exact) mass is 355 g/mol. The van der Waals surface area contributed by atoms with Crippen LogP contribution < -0.4 is 0 Å². The molecule has 2 aromatic rings. The Hall–Kier alpha value is -0.960. The van der Waals surface area contributed by atoms with Crippen molar-refractivity contribution < 1.29 is 22.4 Å². The first-order valence-corrected chi connectivity index (χ1v) is 3.70. The molecule has 0 amide bonds. The fourth-order valence-corrected chi connectivity index (χ4v) is 0.625. The molecule has 0 fully saturated rings. The molecule has 3 heteroatoms. The Morgan fingerprint density at radius 3 is 0.846 bits per heavy atom. The molecule has 2 rings (SSSR count). The molecule has 71 valence electrons. The van der Waals surface area contributed by atoms with E-state index >= 15 is 0 Å². The number of rotatable bonds is 0. The van der Waals surface area contributed by atoms with Crippen LogP contribution in [0.2, 0.25) is 0 Å². The van der Waals surface area contributed by atoms with Gasteiger partial charge in [0.2, 0.25) is 0 Å². The molecule has 0 unspecified atom stereocenters. The summed E-state index contributed by atoms with van der Waals surface area (Å²) in [6, 6.07) is 11.4. The average Bonchev–Trinajstić information content (AvgIpc) is 2.24. The molecule has 2 aromatic heterocycles. The van der Waals surface area contributed by atoms with E-state index in [9.17, 15) is 0 Å². The standard InChI is InChI=1S/2C5H5N.Au/c2*1-2-4-6-5-3-1;/h2*1-5H;. The Morgan fingerprint density at radius 2 is 0.769 bits per heavy atom. The van der Waals surface area contributed by atoms with Crippen molar-refractivity contribution in [1.29, 1.82) is 0 Å². The quantitative estimate of drug-likeness (QED) is 0.677. The minimum atomic E-state index is 0. The van der Waals surface area contributed by atoms with Crippen LogP contribution in [0.25, 0.3) is 0 Å². The third kappa shape index (κ3) is 7.40. The maximum atomic E-state index is 3.78. The number of hydrogen-bond donors (Lipinski definition) is 0. The van der Waals surface area contributed by atoms with Gasteiger partial charge >= 0.3 is 0 Å². The van der Waals surface area contributed by atoms with Gasteiger partial charge in [-0.1, -0.05) is 12.1 Å². The molecular weight excluding hydrogens is 345 g/mol. The molecule has 0 bridgehead atoms. The molecule has 0 atom stereocenters. The van der Waals surface area contributed by atoms with Gasteiger partial charge in [-0.05, 0) is 24.3 Å². The van der Waals surface area contributed by atoms with Crippen LogP contribution in [0.5, 0.6) is 0 Å². The van der Waals surface area contributed by atoms with E-state index in [0.717, 1.165) is 0 Å². The van der Waals surface area contributed by atoms with Crippen molar-refractivity contribution in [2.45, 2.75) is 0 Å². The van der Waals surface area contributed by atoms with E-state index in [1.165, 1.54) is 0 Å². The third-order valence-corrected chi connectivity index (χ3v) is 1.13. The number of aromatic nitrogens is 2. The van der Waals surface area contributed by atoms with E-state index in [-0.39, 0.29) is 22.4 Å². The van der Waals surface area contributed by atoms with Crippen molar-refractivity contribution in [2.24, 2.45) is 0 Å². The Kier molecular flexibility index (Phi) is 8.46. The summed E-state index contributed by atoms with van der Waals surface area (Å²) in [5.41, 5.74) is 0. The van der Waals surface area contributed by atoms with Crippen LogP contribution >= 0.6 is 0 Å². The summed E-state index contributed by atoms with van der Waals surface area (Å²) >= 11 is 0. The maximum Gasteiger partial charge on any atom is 0.0267 e. The van der Waals surface area contributed by atoms with Gasteiger partial charge in [0.1, 0.15) is 0 Å². The predicted molar refractivity (Wildman–Crippen MR) is 48.5 cm³/mol. The summed E-state index contributed by atoms with van der Waals surface area (Å²) in [5.74, 6) is 0. The fraction of sp³-hybridized carbons (Fsp3) is 0. The molecule has 13 heavy (non-hydrogen) atoms. The summed E-state index contributed by atoms with van der Waals surface area (Å²) in [4.78, 5) is 7.57. The van der Waals surface area contributed by atoms with Crippen LogP contribution in [-0.2, 0) is 22.4 Å². The van der Waals surface area contributed by atoms with Gasteiger partial charge in [-0.15, -0.1) is 0 Å². The Bertz CT molecular complexity index is 188.